The molecule has 2 aromatic carbocycles. The molecule has 2 unspecified atom stereocenters. The van der Waals surface area contributed by atoms with Crippen molar-refractivity contribution in [3.8, 4) is 11.3 Å². The number of aromatic nitrogens is 1. The van der Waals surface area contributed by atoms with Gasteiger partial charge in [0.1, 0.15) is 17.5 Å². The Morgan fingerprint density at radius 3 is 2.50 bits per heavy atom. The highest BCUT2D eigenvalue weighted by atomic mass is 16.6. The average Bonchev–Trinajstić information content (AvgIpc) is 3.59. The van der Waals surface area contributed by atoms with Gasteiger partial charge >= 0.3 is 12.1 Å². The third-order valence-electron chi connectivity index (χ3n) is 5.83. The maximum atomic E-state index is 12.5. The number of amides is 1. The highest BCUT2D eigenvalue weighted by Gasteiger charge is 2.29. The molecule has 3 aromatic rings. The number of aliphatic carboxylic acids is 1. The Morgan fingerprint density at radius 1 is 1.15 bits per heavy atom. The van der Waals surface area contributed by atoms with Crippen molar-refractivity contribution in [2.75, 3.05) is 5.32 Å². The first-order chi connectivity index (χ1) is 16.4. The molecule has 0 saturated heterocycles. The average molecular weight is 465 g/mol. The number of aryl methyl sites for hydroxylation is 1. The lowest BCUT2D eigenvalue weighted by Gasteiger charge is -2.14. The van der Waals surface area contributed by atoms with E-state index in [1.165, 1.54) is 0 Å². The summed E-state index contributed by atoms with van der Waals surface area (Å²) in [6.45, 7) is 3.74. The third-order valence-corrected chi connectivity index (χ3v) is 5.83. The summed E-state index contributed by atoms with van der Waals surface area (Å²) in [5, 5.41) is 16.1. The lowest BCUT2D eigenvalue weighted by molar-refractivity contribution is -0.152. The molecule has 0 radical (unpaired) electrons. The fraction of sp³-hybridized carbons (Fsp3) is 0.346. The zero-order valence-electron chi connectivity index (χ0n) is 19.2. The fourth-order valence-electron chi connectivity index (χ4n) is 3.64. The molecule has 2 N–H and O–H groups in total. The number of nitrogens with one attached hydrogen (secondary N) is 1. The van der Waals surface area contributed by atoms with E-state index in [-0.39, 0.29) is 6.61 Å². The minimum atomic E-state index is -0.926. The van der Waals surface area contributed by atoms with Crippen LogP contribution >= 0.6 is 0 Å². The fourth-order valence-corrected chi connectivity index (χ4v) is 3.64. The number of rotatable bonds is 10. The lowest BCUT2D eigenvalue weighted by atomic mass is 10.1. The number of carbonyl (C=O) groups excluding carboxylic acids is 1. The Bertz CT molecular complexity index is 1120. The van der Waals surface area contributed by atoms with Gasteiger partial charge in [-0.25, -0.2) is 9.59 Å². The molecule has 1 amide bonds. The third kappa shape index (κ3) is 6.02. The van der Waals surface area contributed by atoms with Gasteiger partial charge in [0.15, 0.2) is 11.9 Å². The van der Waals surface area contributed by atoms with E-state index in [4.69, 9.17) is 14.0 Å². The van der Waals surface area contributed by atoms with Crippen LogP contribution in [-0.4, -0.2) is 28.4 Å². The van der Waals surface area contributed by atoms with Crippen molar-refractivity contribution in [2.24, 2.45) is 5.92 Å². The van der Waals surface area contributed by atoms with E-state index < -0.39 is 24.3 Å². The van der Waals surface area contributed by atoms with Crippen LogP contribution in [0, 0.1) is 12.8 Å². The molecule has 1 heterocycles. The molecule has 0 aliphatic heterocycles. The first-order valence-electron chi connectivity index (χ1n) is 11.3. The molecule has 1 aromatic heterocycles. The summed E-state index contributed by atoms with van der Waals surface area (Å²) in [6.07, 6.45) is 0.895. The lowest BCUT2D eigenvalue weighted by Crippen LogP contribution is -2.24. The summed E-state index contributed by atoms with van der Waals surface area (Å²) in [6, 6.07) is 16.8. The van der Waals surface area contributed by atoms with Gasteiger partial charge in [0.25, 0.3) is 0 Å². The molecule has 178 valence electrons. The van der Waals surface area contributed by atoms with Crippen LogP contribution in [0.2, 0.25) is 0 Å². The number of benzene rings is 2. The molecule has 8 heteroatoms. The van der Waals surface area contributed by atoms with Gasteiger partial charge in [-0.1, -0.05) is 72.6 Å². The molecule has 0 spiro atoms. The van der Waals surface area contributed by atoms with Crippen molar-refractivity contribution in [1.29, 1.82) is 0 Å². The minimum Gasteiger partial charge on any atom is -0.479 e. The smallest absolute Gasteiger partial charge is 0.412 e. The van der Waals surface area contributed by atoms with E-state index in [2.05, 4.69) is 10.5 Å². The van der Waals surface area contributed by atoms with Crippen LogP contribution in [-0.2, 0) is 20.9 Å². The Morgan fingerprint density at radius 2 is 1.85 bits per heavy atom. The van der Waals surface area contributed by atoms with Gasteiger partial charge in [-0.15, -0.1) is 0 Å². The topological polar surface area (TPSA) is 111 Å². The minimum absolute atomic E-state index is 0.203. The zero-order valence-corrected chi connectivity index (χ0v) is 19.2. The Hall–Kier alpha value is -3.65. The number of hydrogen-bond acceptors (Lipinski definition) is 6. The number of carboxylic acid groups (broad SMARTS) is 1. The Kier molecular flexibility index (Phi) is 7.27. The monoisotopic (exact) mass is 464 g/mol. The summed E-state index contributed by atoms with van der Waals surface area (Å²) in [5.74, 6) is -0.0530. The molecule has 2 atom stereocenters. The SMILES string of the molecule is Cc1noc(-c2ccc(COC(CC3CC3)C(=O)O)cc2)c1NC(=O)OC(C)c1ccccc1. The number of nitrogens with zero attached hydrogens (tertiary/aromatic N) is 1. The predicted octanol–water partition coefficient (Wildman–Crippen LogP) is 5.73. The van der Waals surface area contributed by atoms with Gasteiger partial charge in [0, 0.05) is 5.56 Å². The van der Waals surface area contributed by atoms with Crippen LogP contribution in [0.1, 0.15) is 49.1 Å². The molecule has 1 aliphatic carbocycles. The zero-order chi connectivity index (χ0) is 24.1. The largest absolute Gasteiger partial charge is 0.479 e. The maximum Gasteiger partial charge on any atom is 0.412 e. The predicted molar refractivity (Wildman–Crippen MR) is 125 cm³/mol. The molecule has 0 bridgehead atoms. The van der Waals surface area contributed by atoms with Crippen molar-refractivity contribution in [1.82, 2.24) is 5.16 Å². The normalized spacial score (nSPS) is 14.9. The summed E-state index contributed by atoms with van der Waals surface area (Å²) >= 11 is 0. The second kappa shape index (κ2) is 10.5. The van der Waals surface area contributed by atoms with E-state index in [0.717, 1.165) is 24.0 Å². The van der Waals surface area contributed by atoms with Crippen LogP contribution in [0.5, 0.6) is 0 Å². The molecule has 1 saturated carbocycles. The molecule has 1 aliphatic rings. The van der Waals surface area contributed by atoms with E-state index in [1.807, 2.05) is 54.6 Å². The second-order valence-corrected chi connectivity index (χ2v) is 8.57. The van der Waals surface area contributed by atoms with Gasteiger partial charge in [0.2, 0.25) is 0 Å². The van der Waals surface area contributed by atoms with Crippen LogP contribution in [0.4, 0.5) is 10.5 Å². The van der Waals surface area contributed by atoms with E-state index >= 15 is 0 Å². The van der Waals surface area contributed by atoms with Crippen molar-refractivity contribution in [3.63, 3.8) is 0 Å². The maximum absolute atomic E-state index is 12.5. The van der Waals surface area contributed by atoms with Gasteiger partial charge in [0.05, 0.1) is 6.61 Å². The second-order valence-electron chi connectivity index (χ2n) is 8.57. The summed E-state index contributed by atoms with van der Waals surface area (Å²) < 4.78 is 16.6. The molecular formula is C26H28N2O6. The first-order valence-corrected chi connectivity index (χ1v) is 11.3. The van der Waals surface area contributed by atoms with Crippen molar-refractivity contribution in [2.45, 2.75) is 51.9 Å². The van der Waals surface area contributed by atoms with E-state index in [1.54, 1.807) is 13.8 Å². The van der Waals surface area contributed by atoms with Crippen LogP contribution in [0.25, 0.3) is 11.3 Å². The van der Waals surface area contributed by atoms with Crippen LogP contribution < -0.4 is 5.32 Å². The number of carbonyl (C=O) groups is 2. The highest BCUT2D eigenvalue weighted by molar-refractivity contribution is 5.90. The van der Waals surface area contributed by atoms with Gasteiger partial charge in [-0.05, 0) is 37.3 Å². The molecule has 8 nitrogen and oxygen atoms in total. The standard InChI is InChI=1S/C26H28N2O6/c1-16-23(27-26(31)33-17(2)20-6-4-3-5-7-20)24(34-28-16)21-12-10-19(11-13-21)15-32-22(25(29)30)14-18-8-9-18/h3-7,10-13,17-18,22H,8-9,14-15H2,1-2H3,(H,27,31)(H,29,30). The van der Waals surface area contributed by atoms with Crippen molar-refractivity contribution in [3.05, 3.63) is 71.4 Å². The molecule has 1 fully saturated rings. The summed E-state index contributed by atoms with van der Waals surface area (Å²) in [5.41, 5.74) is 3.40. The van der Waals surface area contributed by atoms with Gasteiger partial charge in [-0.2, -0.15) is 0 Å². The quantitative estimate of drug-likeness (QED) is 0.394. The van der Waals surface area contributed by atoms with Crippen molar-refractivity contribution >= 4 is 17.7 Å². The van der Waals surface area contributed by atoms with Gasteiger partial charge in [-0.3, -0.25) is 5.32 Å². The number of ether oxygens (including phenoxy) is 2. The number of anilines is 1. The Balaban J connectivity index is 1.39. The Labute approximate surface area is 197 Å². The molecular weight excluding hydrogens is 436 g/mol. The van der Waals surface area contributed by atoms with E-state index in [9.17, 15) is 14.7 Å². The molecule has 4 rings (SSSR count). The van der Waals surface area contributed by atoms with E-state index in [0.29, 0.717) is 35.0 Å². The van der Waals surface area contributed by atoms with Crippen LogP contribution in [0.15, 0.2) is 59.1 Å². The number of hydrogen-bond donors (Lipinski definition) is 2. The first kappa shape index (κ1) is 23.5. The van der Waals surface area contributed by atoms with Crippen LogP contribution in [0.3, 0.4) is 0 Å². The highest BCUT2D eigenvalue weighted by Crippen LogP contribution is 2.35. The summed E-state index contributed by atoms with van der Waals surface area (Å²) in [4.78, 5) is 23.9. The number of carboxylic acids is 1. The van der Waals surface area contributed by atoms with Gasteiger partial charge < -0.3 is 19.1 Å². The van der Waals surface area contributed by atoms with Crippen molar-refractivity contribution < 1.29 is 28.7 Å². The summed E-state index contributed by atoms with van der Waals surface area (Å²) in [7, 11) is 0. The molecule has 34 heavy (non-hydrogen) atoms.